The van der Waals surface area contributed by atoms with Crippen LogP contribution in [0.2, 0.25) is 0 Å². The highest BCUT2D eigenvalue weighted by Gasteiger charge is 2.69. The van der Waals surface area contributed by atoms with E-state index in [0.717, 1.165) is 31.3 Å². The van der Waals surface area contributed by atoms with Gasteiger partial charge in [0, 0.05) is 40.7 Å². The molecule has 1 aromatic carbocycles. The molecule has 2 aromatic heterocycles. The molecule has 2 aliphatic heterocycles. The maximum absolute atomic E-state index is 13.0. The van der Waals surface area contributed by atoms with Crippen LogP contribution in [0.5, 0.6) is 0 Å². The first-order chi connectivity index (χ1) is 18.1. The van der Waals surface area contributed by atoms with Crippen molar-refractivity contribution in [2.45, 2.75) is 82.7 Å². The van der Waals surface area contributed by atoms with Gasteiger partial charge in [0.25, 0.3) is 0 Å². The molecule has 2 N–H and O–H groups in total. The Bertz CT molecular complexity index is 1530. The number of pyridine rings is 1. The number of carbonyl (C=O) groups excluding carboxylic acids is 1. The van der Waals surface area contributed by atoms with Crippen LogP contribution in [0.25, 0.3) is 10.9 Å². The molecule has 1 spiro atoms. The largest absolute Gasteiger partial charge is 0.358 e. The summed E-state index contributed by atoms with van der Waals surface area (Å²) in [5.74, 6) is 0.335. The standard InChI is InChI=1S/C27H31NO3.C5H5NO/c1-24(2)23-21(29)14-19-18-10-9-15-13-17-16-7-5-6-8-20(16)28-22(17)26(15,4)25(18,3)11-12-27(19,30-23)31-24;7-5-3-1-2-4-6-5/h5-8,14-15,18,23,28H,9-13H2,1-4H3;1-4H,(H,6,7)/t15?,18?,23?,25?,26-,27?;/m1./s1. The topological polar surface area (TPSA) is 84.2 Å². The smallest absolute Gasteiger partial charge is 0.247 e. The highest BCUT2D eigenvalue weighted by atomic mass is 16.8. The number of rotatable bonds is 0. The average Bonchev–Trinajstić information content (AvgIpc) is 3.48. The minimum atomic E-state index is -0.697. The van der Waals surface area contributed by atoms with Crippen molar-refractivity contribution < 1.29 is 14.3 Å². The number of H-pyrrole nitrogens is 2. The van der Waals surface area contributed by atoms with E-state index < -0.39 is 17.5 Å². The zero-order valence-electron chi connectivity index (χ0n) is 22.6. The van der Waals surface area contributed by atoms with Crippen LogP contribution in [-0.2, 0) is 26.1 Å². The summed E-state index contributed by atoms with van der Waals surface area (Å²) in [6, 6.07) is 13.7. The molecule has 8 rings (SSSR count). The summed E-state index contributed by atoms with van der Waals surface area (Å²) in [5, 5.41) is 1.39. The maximum atomic E-state index is 13.0. The molecule has 0 amide bonds. The van der Waals surface area contributed by atoms with Crippen molar-refractivity contribution in [3.63, 3.8) is 0 Å². The van der Waals surface area contributed by atoms with Crippen molar-refractivity contribution in [2.24, 2.45) is 17.3 Å². The molecule has 3 fully saturated rings. The Morgan fingerprint density at radius 1 is 0.947 bits per heavy atom. The minimum absolute atomic E-state index is 0.0532. The lowest BCUT2D eigenvalue weighted by atomic mass is 9.44. The van der Waals surface area contributed by atoms with E-state index in [4.69, 9.17) is 9.47 Å². The van der Waals surface area contributed by atoms with E-state index in [1.807, 2.05) is 19.9 Å². The lowest BCUT2D eigenvalue weighted by Gasteiger charge is -2.61. The van der Waals surface area contributed by atoms with E-state index in [9.17, 15) is 9.59 Å². The summed E-state index contributed by atoms with van der Waals surface area (Å²) < 4.78 is 13.0. The number of carbonyl (C=O) groups is 1. The third-order valence-corrected chi connectivity index (χ3v) is 10.8. The van der Waals surface area contributed by atoms with Crippen molar-refractivity contribution in [1.82, 2.24) is 9.97 Å². The Hall–Kier alpha value is -2.96. The Labute approximate surface area is 222 Å². The Morgan fingerprint density at radius 2 is 1.74 bits per heavy atom. The van der Waals surface area contributed by atoms with Gasteiger partial charge >= 0.3 is 0 Å². The first-order valence-corrected chi connectivity index (χ1v) is 14.0. The summed E-state index contributed by atoms with van der Waals surface area (Å²) in [6.07, 6.45) is 8.38. The van der Waals surface area contributed by atoms with Gasteiger partial charge in [-0.25, -0.2) is 0 Å². The van der Waals surface area contributed by atoms with Crippen LogP contribution in [0.4, 0.5) is 0 Å². The number of hydrogen-bond donors (Lipinski definition) is 2. The van der Waals surface area contributed by atoms with Gasteiger partial charge in [-0.2, -0.15) is 0 Å². The van der Waals surface area contributed by atoms with Crippen LogP contribution >= 0.6 is 0 Å². The van der Waals surface area contributed by atoms with Crippen LogP contribution in [0.1, 0.15) is 64.6 Å². The summed E-state index contributed by atoms with van der Waals surface area (Å²) in [5.41, 5.74) is 4.84. The number of hydrogen-bond acceptors (Lipinski definition) is 4. The summed E-state index contributed by atoms with van der Waals surface area (Å²) >= 11 is 0. The van der Waals surface area contributed by atoms with Gasteiger partial charge in [0.05, 0.1) is 0 Å². The van der Waals surface area contributed by atoms with Crippen LogP contribution < -0.4 is 5.56 Å². The molecule has 2 saturated carbocycles. The molecule has 4 heterocycles. The predicted octanol–water partition coefficient (Wildman–Crippen LogP) is 5.58. The lowest BCUT2D eigenvalue weighted by molar-refractivity contribution is -0.205. The number of aromatic amines is 2. The van der Waals surface area contributed by atoms with E-state index in [2.05, 4.69) is 48.1 Å². The molecule has 3 aromatic rings. The third kappa shape index (κ3) is 3.02. The third-order valence-electron chi connectivity index (χ3n) is 10.8. The second kappa shape index (κ2) is 7.80. The van der Waals surface area contributed by atoms with Gasteiger partial charge in [0.2, 0.25) is 5.56 Å². The van der Waals surface area contributed by atoms with E-state index in [0.29, 0.717) is 11.8 Å². The first-order valence-electron chi connectivity index (χ1n) is 14.0. The first kappa shape index (κ1) is 24.1. The number of ketones is 1. The van der Waals surface area contributed by atoms with E-state index in [-0.39, 0.29) is 22.2 Å². The normalized spacial score (nSPS) is 37.8. The fourth-order valence-corrected chi connectivity index (χ4v) is 8.76. The quantitative estimate of drug-likeness (QED) is 0.412. The van der Waals surface area contributed by atoms with Gasteiger partial charge in [-0.1, -0.05) is 38.1 Å². The van der Waals surface area contributed by atoms with E-state index in [1.165, 1.54) is 34.6 Å². The van der Waals surface area contributed by atoms with Crippen molar-refractivity contribution in [1.29, 1.82) is 0 Å². The average molecular weight is 513 g/mol. The molecule has 6 heteroatoms. The highest BCUT2D eigenvalue weighted by Crippen LogP contribution is 2.70. The Balaban J connectivity index is 0.000000303. The molecule has 2 bridgehead atoms. The predicted molar refractivity (Wildman–Crippen MR) is 146 cm³/mol. The molecule has 3 aliphatic carbocycles. The van der Waals surface area contributed by atoms with E-state index >= 15 is 0 Å². The summed E-state index contributed by atoms with van der Waals surface area (Å²) in [6.45, 7) is 8.98. The van der Waals surface area contributed by atoms with Gasteiger partial charge < -0.3 is 19.4 Å². The molecule has 5 unspecified atom stereocenters. The molecule has 198 valence electrons. The van der Waals surface area contributed by atoms with Crippen LogP contribution in [-0.4, -0.2) is 33.2 Å². The zero-order chi connectivity index (χ0) is 26.5. The van der Waals surface area contributed by atoms with Gasteiger partial charge in [0.15, 0.2) is 17.7 Å². The molecule has 6 atom stereocenters. The maximum Gasteiger partial charge on any atom is 0.247 e. The Morgan fingerprint density at radius 3 is 2.47 bits per heavy atom. The lowest BCUT2D eigenvalue weighted by Crippen LogP contribution is -2.60. The highest BCUT2D eigenvalue weighted by molar-refractivity contribution is 5.97. The van der Waals surface area contributed by atoms with Crippen LogP contribution in [0, 0.1) is 17.3 Å². The Kier molecular flexibility index (Phi) is 4.95. The molecule has 5 aliphatic rings. The second-order valence-electron chi connectivity index (χ2n) is 12.9. The van der Waals surface area contributed by atoms with Gasteiger partial charge in [0.1, 0.15) is 5.60 Å². The molecular weight excluding hydrogens is 476 g/mol. The van der Waals surface area contributed by atoms with Gasteiger partial charge in [-0.15, -0.1) is 0 Å². The van der Waals surface area contributed by atoms with E-state index in [1.54, 1.807) is 18.3 Å². The monoisotopic (exact) mass is 512 g/mol. The van der Waals surface area contributed by atoms with Gasteiger partial charge in [-0.05, 0) is 86.1 Å². The van der Waals surface area contributed by atoms with Crippen LogP contribution in [0.15, 0.2) is 65.1 Å². The molecule has 0 radical (unpaired) electrons. The van der Waals surface area contributed by atoms with Crippen molar-refractivity contribution in [2.75, 3.05) is 0 Å². The fourth-order valence-electron chi connectivity index (χ4n) is 8.76. The van der Waals surface area contributed by atoms with Crippen molar-refractivity contribution in [3.05, 3.63) is 81.9 Å². The van der Waals surface area contributed by atoms with Gasteiger partial charge in [-0.3, -0.25) is 9.59 Å². The molecular formula is C32H36N2O4. The molecule has 1 saturated heterocycles. The number of nitrogens with one attached hydrogen (secondary N) is 2. The number of fused-ring (bicyclic) bond motifs is 9. The second-order valence-corrected chi connectivity index (χ2v) is 12.9. The zero-order valence-corrected chi connectivity index (χ0v) is 22.6. The molecule has 6 nitrogen and oxygen atoms in total. The molecule has 38 heavy (non-hydrogen) atoms. The fraction of sp³-hybridized carbons (Fsp3) is 0.500. The number of ether oxygens (including phenoxy) is 2. The van der Waals surface area contributed by atoms with Crippen molar-refractivity contribution in [3.8, 4) is 0 Å². The number of para-hydroxylation sites is 1. The minimum Gasteiger partial charge on any atom is -0.358 e. The summed E-state index contributed by atoms with van der Waals surface area (Å²) in [4.78, 5) is 29.6. The number of benzene rings is 1. The van der Waals surface area contributed by atoms with Crippen LogP contribution in [0.3, 0.4) is 0 Å². The SMILES string of the molecule is CC1(C)OC23CCC4(C)C(CCC5Cc6c([nH]c7ccccc67)[C@@]54C)C2=CC(=O)C1O3.O=c1cccc[nH]1. The van der Waals surface area contributed by atoms with Crippen molar-refractivity contribution >= 4 is 16.7 Å². The number of aromatic nitrogens is 2. The summed E-state index contributed by atoms with van der Waals surface area (Å²) in [7, 11) is 0.